The predicted octanol–water partition coefficient (Wildman–Crippen LogP) is 2.80. The molecule has 2 aliphatic rings. The molecule has 0 radical (unpaired) electrons. The van der Waals surface area contributed by atoms with E-state index in [0.717, 1.165) is 51.8 Å². The smallest absolute Gasteiger partial charge is 0.243 e. The molecule has 0 saturated carbocycles. The van der Waals surface area contributed by atoms with Gasteiger partial charge in [0.15, 0.2) is 5.96 Å². The number of anilines is 1. The number of likely N-dealkylation sites (N-methyl/N-ethyl adjacent to an activating group) is 1. The van der Waals surface area contributed by atoms with Crippen LogP contribution in [-0.4, -0.2) is 82.2 Å². The topological polar surface area (TPSA) is 60.4 Å². The summed E-state index contributed by atoms with van der Waals surface area (Å²) in [6, 6.07) is 8.86. The fourth-order valence-electron chi connectivity index (χ4n) is 3.89. The van der Waals surface area contributed by atoms with Crippen molar-refractivity contribution in [1.29, 1.82) is 0 Å². The molecule has 2 aliphatic heterocycles. The first-order valence-corrected chi connectivity index (χ1v) is 11.1. The van der Waals surface area contributed by atoms with E-state index < -0.39 is 0 Å². The highest BCUT2D eigenvalue weighted by Crippen LogP contribution is 2.20. The Hall–Kier alpha value is -1.55. The summed E-state index contributed by atoms with van der Waals surface area (Å²) in [5.41, 5.74) is 2.54. The van der Waals surface area contributed by atoms with Gasteiger partial charge in [-0.25, -0.2) is 4.99 Å². The minimum Gasteiger partial charge on any atom is -0.381 e. The second kappa shape index (κ2) is 13.1. The highest BCUT2D eigenvalue weighted by molar-refractivity contribution is 14.0. The van der Waals surface area contributed by atoms with Gasteiger partial charge in [0.1, 0.15) is 6.54 Å². The first-order valence-electron chi connectivity index (χ1n) is 11.1. The summed E-state index contributed by atoms with van der Waals surface area (Å²) in [6.45, 7) is 5.64. The quantitative estimate of drug-likeness (QED) is 0.326. The van der Waals surface area contributed by atoms with Crippen molar-refractivity contribution in [2.75, 3.05) is 65.4 Å². The van der Waals surface area contributed by atoms with Crippen LogP contribution in [0.25, 0.3) is 0 Å². The van der Waals surface area contributed by atoms with Crippen molar-refractivity contribution in [1.82, 2.24) is 15.1 Å². The highest BCUT2D eigenvalue weighted by Gasteiger charge is 2.18. The van der Waals surface area contributed by atoms with E-state index in [9.17, 15) is 4.79 Å². The number of carbonyl (C=O) groups excluding carboxylic acids is 1. The number of carbonyl (C=O) groups is 1. The van der Waals surface area contributed by atoms with E-state index >= 15 is 0 Å². The van der Waals surface area contributed by atoms with Crippen LogP contribution >= 0.6 is 24.0 Å². The minimum absolute atomic E-state index is 0. The van der Waals surface area contributed by atoms with Crippen molar-refractivity contribution in [2.45, 2.75) is 32.2 Å². The van der Waals surface area contributed by atoms with Gasteiger partial charge in [-0.15, -0.1) is 24.0 Å². The van der Waals surface area contributed by atoms with Crippen LogP contribution in [-0.2, 0) is 16.1 Å². The average molecular weight is 543 g/mol. The van der Waals surface area contributed by atoms with Gasteiger partial charge in [0.2, 0.25) is 5.91 Å². The molecule has 0 aromatic heterocycles. The van der Waals surface area contributed by atoms with Crippen molar-refractivity contribution >= 4 is 41.5 Å². The molecule has 2 heterocycles. The van der Waals surface area contributed by atoms with Gasteiger partial charge in [-0.3, -0.25) is 4.79 Å². The normalized spacial score (nSPS) is 19.0. The Labute approximate surface area is 204 Å². The number of aliphatic imine (C=N–C) groups is 1. The first kappa shape index (κ1) is 25.7. The lowest BCUT2D eigenvalue weighted by atomic mass is 10.1. The summed E-state index contributed by atoms with van der Waals surface area (Å²) in [5.74, 6) is 1.26. The third-order valence-electron chi connectivity index (χ3n) is 5.87. The number of nitrogens with zero attached hydrogens (tertiary/aromatic N) is 4. The summed E-state index contributed by atoms with van der Waals surface area (Å²) in [5, 5.41) is 3.46. The molecule has 1 unspecified atom stereocenters. The largest absolute Gasteiger partial charge is 0.381 e. The van der Waals surface area contributed by atoms with Crippen LogP contribution in [0.1, 0.15) is 31.2 Å². The SMILES string of the molecule is CN(C)C(=O)CN=C(NCC1CCOC1)N(C)Cc1ccc(N2CCCCC2)cc1.I. The zero-order valence-electron chi connectivity index (χ0n) is 19.2. The second-order valence-corrected chi connectivity index (χ2v) is 8.61. The monoisotopic (exact) mass is 543 g/mol. The van der Waals surface area contributed by atoms with Crippen LogP contribution in [0.5, 0.6) is 0 Å². The summed E-state index contributed by atoms with van der Waals surface area (Å²) in [6.07, 6.45) is 4.98. The number of hydrogen-bond acceptors (Lipinski definition) is 4. The molecule has 7 nitrogen and oxygen atoms in total. The Morgan fingerprint density at radius 3 is 2.48 bits per heavy atom. The summed E-state index contributed by atoms with van der Waals surface area (Å²) < 4.78 is 5.48. The number of guanidine groups is 1. The molecule has 1 N–H and O–H groups in total. The number of nitrogens with one attached hydrogen (secondary N) is 1. The molecule has 1 aromatic carbocycles. The number of hydrogen-bond donors (Lipinski definition) is 1. The summed E-state index contributed by atoms with van der Waals surface area (Å²) in [7, 11) is 5.54. The fraction of sp³-hybridized carbons (Fsp3) is 0.652. The van der Waals surface area contributed by atoms with Gasteiger partial charge in [0, 0.05) is 65.5 Å². The molecule has 0 bridgehead atoms. The maximum absolute atomic E-state index is 12.0. The van der Waals surface area contributed by atoms with Crippen LogP contribution < -0.4 is 10.2 Å². The molecule has 1 amide bonds. The third-order valence-corrected chi connectivity index (χ3v) is 5.87. The van der Waals surface area contributed by atoms with E-state index in [2.05, 4.69) is 44.4 Å². The van der Waals surface area contributed by atoms with Gasteiger partial charge in [-0.05, 0) is 43.4 Å². The van der Waals surface area contributed by atoms with Crippen LogP contribution in [0, 0.1) is 5.92 Å². The zero-order valence-corrected chi connectivity index (χ0v) is 21.5. The Morgan fingerprint density at radius 2 is 1.87 bits per heavy atom. The van der Waals surface area contributed by atoms with E-state index in [1.165, 1.54) is 30.5 Å². The molecule has 31 heavy (non-hydrogen) atoms. The van der Waals surface area contributed by atoms with Gasteiger partial charge in [-0.2, -0.15) is 0 Å². The molecule has 8 heteroatoms. The molecule has 1 atom stereocenters. The van der Waals surface area contributed by atoms with Crippen LogP contribution in [0.2, 0.25) is 0 Å². The summed E-state index contributed by atoms with van der Waals surface area (Å²) in [4.78, 5) is 22.7. The lowest BCUT2D eigenvalue weighted by molar-refractivity contribution is -0.127. The molecule has 174 valence electrons. The van der Waals surface area contributed by atoms with E-state index in [1.54, 1.807) is 19.0 Å². The number of halogens is 1. The van der Waals surface area contributed by atoms with Crippen molar-refractivity contribution in [3.8, 4) is 0 Å². The van der Waals surface area contributed by atoms with Gasteiger partial charge in [0.05, 0.1) is 6.61 Å². The van der Waals surface area contributed by atoms with Crippen LogP contribution in [0.15, 0.2) is 29.3 Å². The second-order valence-electron chi connectivity index (χ2n) is 8.61. The molecule has 2 fully saturated rings. The molecule has 0 spiro atoms. The third kappa shape index (κ3) is 8.14. The molecule has 3 rings (SSSR count). The van der Waals surface area contributed by atoms with Gasteiger partial charge in [0.25, 0.3) is 0 Å². The maximum Gasteiger partial charge on any atom is 0.243 e. The fourth-order valence-corrected chi connectivity index (χ4v) is 3.89. The number of ether oxygens (including phenoxy) is 1. The highest BCUT2D eigenvalue weighted by atomic mass is 127. The van der Waals surface area contributed by atoms with Crippen molar-refractivity contribution in [3.63, 3.8) is 0 Å². The van der Waals surface area contributed by atoms with E-state index in [1.807, 2.05) is 7.05 Å². The molecule has 1 aromatic rings. The Kier molecular flexibility index (Phi) is 10.9. The molecular formula is C23H38IN5O2. The molecule has 2 saturated heterocycles. The Morgan fingerprint density at radius 1 is 1.16 bits per heavy atom. The summed E-state index contributed by atoms with van der Waals surface area (Å²) >= 11 is 0. The lowest BCUT2D eigenvalue weighted by Gasteiger charge is -2.29. The maximum atomic E-state index is 12.0. The van der Waals surface area contributed by atoms with E-state index in [0.29, 0.717) is 5.92 Å². The number of rotatable bonds is 7. The van der Waals surface area contributed by atoms with E-state index in [-0.39, 0.29) is 36.4 Å². The predicted molar refractivity (Wildman–Crippen MR) is 137 cm³/mol. The van der Waals surface area contributed by atoms with Crippen molar-refractivity contribution in [2.24, 2.45) is 10.9 Å². The van der Waals surface area contributed by atoms with Crippen molar-refractivity contribution in [3.05, 3.63) is 29.8 Å². The lowest BCUT2D eigenvalue weighted by Crippen LogP contribution is -2.41. The molecule has 0 aliphatic carbocycles. The zero-order chi connectivity index (χ0) is 21.3. The Bertz CT molecular complexity index is 698. The van der Waals surface area contributed by atoms with Gasteiger partial charge in [-0.1, -0.05) is 12.1 Å². The van der Waals surface area contributed by atoms with Crippen molar-refractivity contribution < 1.29 is 9.53 Å². The van der Waals surface area contributed by atoms with Gasteiger partial charge >= 0.3 is 0 Å². The Balaban J connectivity index is 0.00000341. The number of amides is 1. The first-order chi connectivity index (χ1) is 14.5. The number of piperidine rings is 1. The molecular weight excluding hydrogens is 505 g/mol. The van der Waals surface area contributed by atoms with Crippen LogP contribution in [0.4, 0.5) is 5.69 Å². The van der Waals surface area contributed by atoms with E-state index in [4.69, 9.17) is 4.74 Å². The van der Waals surface area contributed by atoms with Crippen LogP contribution in [0.3, 0.4) is 0 Å². The number of benzene rings is 1. The average Bonchev–Trinajstić information content (AvgIpc) is 3.28. The van der Waals surface area contributed by atoms with Gasteiger partial charge < -0.3 is 24.8 Å². The minimum atomic E-state index is -0.00205. The standard InChI is InChI=1S/C23H37N5O2.HI/c1-26(2)22(29)16-25-23(24-15-20-11-14-30-18-20)27(3)17-19-7-9-21(10-8-19)28-12-5-4-6-13-28;/h7-10,20H,4-6,11-18H2,1-3H3,(H,24,25);1H.